The zero-order chi connectivity index (χ0) is 12.2. The molecule has 0 bridgehead atoms. The normalized spacial score (nSPS) is 22.3. The van der Waals surface area contributed by atoms with Crippen molar-refractivity contribution in [3.8, 4) is 0 Å². The third-order valence-electron chi connectivity index (χ3n) is 3.12. The highest BCUT2D eigenvalue weighted by Crippen LogP contribution is 2.19. The Morgan fingerprint density at radius 3 is 2.31 bits per heavy atom. The first-order valence-corrected chi connectivity index (χ1v) is 5.96. The summed E-state index contributed by atoms with van der Waals surface area (Å²) in [7, 11) is 0. The largest absolute Gasteiger partial charge is 0.401 e. The highest BCUT2D eigenvalue weighted by Gasteiger charge is 2.32. The van der Waals surface area contributed by atoms with Gasteiger partial charge < -0.3 is 5.32 Å². The predicted molar refractivity (Wildman–Crippen MR) is 58.4 cm³/mol. The first-order chi connectivity index (χ1) is 7.40. The summed E-state index contributed by atoms with van der Waals surface area (Å²) in [4.78, 5) is 1.49. The van der Waals surface area contributed by atoms with E-state index in [0.29, 0.717) is 25.2 Å². The van der Waals surface area contributed by atoms with Crippen molar-refractivity contribution in [2.24, 2.45) is 0 Å². The number of nitrogens with one attached hydrogen (secondary N) is 1. The van der Waals surface area contributed by atoms with E-state index in [-0.39, 0.29) is 0 Å². The van der Waals surface area contributed by atoms with E-state index in [2.05, 4.69) is 19.2 Å². The van der Waals surface area contributed by atoms with Gasteiger partial charge in [-0.3, -0.25) is 4.90 Å². The van der Waals surface area contributed by atoms with Gasteiger partial charge in [-0.25, -0.2) is 0 Å². The van der Waals surface area contributed by atoms with Crippen LogP contribution in [-0.4, -0.2) is 42.8 Å². The van der Waals surface area contributed by atoms with Crippen LogP contribution in [0.25, 0.3) is 0 Å². The average molecular weight is 238 g/mol. The third-order valence-corrected chi connectivity index (χ3v) is 3.12. The van der Waals surface area contributed by atoms with E-state index in [4.69, 9.17) is 0 Å². The summed E-state index contributed by atoms with van der Waals surface area (Å²) < 4.78 is 36.4. The molecule has 1 N–H and O–H groups in total. The van der Waals surface area contributed by atoms with E-state index >= 15 is 0 Å². The summed E-state index contributed by atoms with van der Waals surface area (Å²) in [5, 5.41) is 3.44. The first kappa shape index (κ1) is 13.8. The predicted octanol–water partition coefficient (Wildman–Crippen LogP) is 2.40. The standard InChI is InChI=1S/C11H21F3N2/c1-3-9(2)15-10-4-6-16(7-5-10)8-11(12,13)14/h9-10,15H,3-8H2,1-2H3. The SMILES string of the molecule is CCC(C)NC1CCN(CC(F)(F)F)CC1. The minimum atomic E-state index is -4.06. The fraction of sp³-hybridized carbons (Fsp3) is 1.00. The number of hydrogen-bond donors (Lipinski definition) is 1. The molecule has 2 nitrogen and oxygen atoms in total. The Morgan fingerprint density at radius 1 is 1.31 bits per heavy atom. The van der Waals surface area contributed by atoms with Gasteiger partial charge in [0, 0.05) is 12.1 Å². The summed E-state index contributed by atoms with van der Waals surface area (Å²) in [6, 6.07) is 0.846. The minimum absolute atomic E-state index is 0.388. The van der Waals surface area contributed by atoms with Gasteiger partial charge in [-0.05, 0) is 39.3 Å². The van der Waals surface area contributed by atoms with Crippen LogP contribution in [-0.2, 0) is 0 Å². The number of halogens is 3. The Balaban J connectivity index is 2.23. The smallest absolute Gasteiger partial charge is 0.311 e. The van der Waals surface area contributed by atoms with E-state index in [1.54, 1.807) is 0 Å². The van der Waals surface area contributed by atoms with Crippen LogP contribution in [0.1, 0.15) is 33.1 Å². The zero-order valence-corrected chi connectivity index (χ0v) is 9.98. The molecule has 1 saturated heterocycles. The lowest BCUT2D eigenvalue weighted by Gasteiger charge is -2.34. The summed E-state index contributed by atoms with van der Waals surface area (Å²) >= 11 is 0. The second-order valence-electron chi connectivity index (χ2n) is 4.64. The molecule has 1 fully saturated rings. The van der Waals surface area contributed by atoms with Gasteiger partial charge in [-0.15, -0.1) is 0 Å². The van der Waals surface area contributed by atoms with Crippen LogP contribution < -0.4 is 5.32 Å². The van der Waals surface area contributed by atoms with E-state index in [0.717, 1.165) is 19.3 Å². The van der Waals surface area contributed by atoms with Gasteiger partial charge in [-0.1, -0.05) is 6.92 Å². The van der Waals surface area contributed by atoms with Crippen LogP contribution in [0, 0.1) is 0 Å². The van der Waals surface area contributed by atoms with Gasteiger partial charge in [0.25, 0.3) is 0 Å². The Hall–Kier alpha value is -0.290. The minimum Gasteiger partial charge on any atom is -0.311 e. The lowest BCUT2D eigenvalue weighted by atomic mass is 10.0. The van der Waals surface area contributed by atoms with Crippen molar-refractivity contribution < 1.29 is 13.2 Å². The lowest BCUT2D eigenvalue weighted by Crippen LogP contribution is -2.47. The average Bonchev–Trinajstić information content (AvgIpc) is 2.18. The molecule has 1 rings (SSSR count). The molecule has 0 amide bonds. The molecule has 0 aromatic carbocycles. The molecule has 1 aliphatic heterocycles. The Bertz CT molecular complexity index is 198. The highest BCUT2D eigenvalue weighted by atomic mass is 19.4. The number of rotatable bonds is 4. The molecule has 96 valence electrons. The maximum absolute atomic E-state index is 12.1. The Kier molecular flexibility index (Phi) is 5.05. The summed E-state index contributed by atoms with van der Waals surface area (Å²) in [6.45, 7) is 4.56. The van der Waals surface area contributed by atoms with Gasteiger partial charge in [0.15, 0.2) is 0 Å². The molecule has 0 radical (unpaired) electrons. The Morgan fingerprint density at radius 2 is 1.88 bits per heavy atom. The van der Waals surface area contributed by atoms with Crippen molar-refractivity contribution in [1.29, 1.82) is 0 Å². The van der Waals surface area contributed by atoms with E-state index < -0.39 is 12.7 Å². The molecule has 0 saturated carbocycles. The molecule has 16 heavy (non-hydrogen) atoms. The van der Waals surface area contributed by atoms with Gasteiger partial charge in [0.05, 0.1) is 6.54 Å². The van der Waals surface area contributed by atoms with Crippen LogP contribution in [0.4, 0.5) is 13.2 Å². The first-order valence-electron chi connectivity index (χ1n) is 5.96. The molecule has 1 heterocycles. The molecule has 5 heteroatoms. The van der Waals surface area contributed by atoms with Gasteiger partial charge in [0.1, 0.15) is 0 Å². The molecule has 0 aromatic rings. The Labute approximate surface area is 95.2 Å². The summed E-state index contributed by atoms with van der Waals surface area (Å²) in [5.74, 6) is 0. The molecule has 0 spiro atoms. The highest BCUT2D eigenvalue weighted by molar-refractivity contribution is 4.79. The van der Waals surface area contributed by atoms with Crippen molar-refractivity contribution >= 4 is 0 Å². The maximum Gasteiger partial charge on any atom is 0.401 e. The van der Waals surface area contributed by atoms with Gasteiger partial charge in [-0.2, -0.15) is 13.2 Å². The van der Waals surface area contributed by atoms with E-state index in [1.165, 1.54) is 4.90 Å². The van der Waals surface area contributed by atoms with Crippen molar-refractivity contribution in [3.05, 3.63) is 0 Å². The maximum atomic E-state index is 12.1. The number of nitrogens with zero attached hydrogens (tertiary/aromatic N) is 1. The van der Waals surface area contributed by atoms with Crippen LogP contribution in [0.3, 0.4) is 0 Å². The van der Waals surface area contributed by atoms with E-state index in [9.17, 15) is 13.2 Å². The molecule has 1 aliphatic rings. The monoisotopic (exact) mass is 238 g/mol. The fourth-order valence-electron chi connectivity index (χ4n) is 2.03. The van der Waals surface area contributed by atoms with Gasteiger partial charge in [0.2, 0.25) is 0 Å². The quantitative estimate of drug-likeness (QED) is 0.809. The van der Waals surface area contributed by atoms with Crippen molar-refractivity contribution in [2.45, 2.75) is 51.4 Å². The van der Waals surface area contributed by atoms with Crippen molar-refractivity contribution in [1.82, 2.24) is 10.2 Å². The van der Waals surface area contributed by atoms with Crippen LogP contribution in [0.2, 0.25) is 0 Å². The topological polar surface area (TPSA) is 15.3 Å². The second-order valence-corrected chi connectivity index (χ2v) is 4.64. The van der Waals surface area contributed by atoms with E-state index in [1.807, 2.05) is 0 Å². The van der Waals surface area contributed by atoms with Crippen molar-refractivity contribution in [3.63, 3.8) is 0 Å². The summed E-state index contributed by atoms with van der Waals surface area (Å²) in [5.41, 5.74) is 0. The number of alkyl halides is 3. The third kappa shape index (κ3) is 5.16. The molecule has 0 aromatic heterocycles. The fourth-order valence-corrected chi connectivity index (χ4v) is 2.03. The van der Waals surface area contributed by atoms with Crippen LogP contribution in [0.15, 0.2) is 0 Å². The van der Waals surface area contributed by atoms with Crippen LogP contribution in [0.5, 0.6) is 0 Å². The number of likely N-dealkylation sites (tertiary alicyclic amines) is 1. The second kappa shape index (κ2) is 5.87. The molecule has 0 aliphatic carbocycles. The number of piperidine rings is 1. The lowest BCUT2D eigenvalue weighted by molar-refractivity contribution is -0.148. The molecule has 1 unspecified atom stereocenters. The van der Waals surface area contributed by atoms with Gasteiger partial charge >= 0.3 is 6.18 Å². The number of hydrogen-bond acceptors (Lipinski definition) is 2. The molecular formula is C11H21F3N2. The molecular weight excluding hydrogens is 217 g/mol. The summed E-state index contributed by atoms with van der Waals surface area (Å²) in [6.07, 6.45) is -1.36. The zero-order valence-electron chi connectivity index (χ0n) is 9.98. The molecule has 1 atom stereocenters. The van der Waals surface area contributed by atoms with Crippen molar-refractivity contribution in [2.75, 3.05) is 19.6 Å². The van der Waals surface area contributed by atoms with Crippen LogP contribution >= 0.6 is 0 Å².